The number of carbonyl (C=O) groups excluding carboxylic acids is 1. The third-order valence-corrected chi connectivity index (χ3v) is 4.81. The van der Waals surface area contributed by atoms with Crippen molar-refractivity contribution in [1.82, 2.24) is 5.32 Å². The summed E-state index contributed by atoms with van der Waals surface area (Å²) in [5.74, 6) is 0. The summed E-state index contributed by atoms with van der Waals surface area (Å²) >= 11 is 0. The maximum absolute atomic E-state index is 13.5. The quantitative estimate of drug-likeness (QED) is 0.833. The Kier molecular flexibility index (Phi) is 6.11. The van der Waals surface area contributed by atoms with Crippen LogP contribution in [-0.4, -0.2) is 51.1 Å². The second-order valence-electron chi connectivity index (χ2n) is 6.77. The predicted molar refractivity (Wildman–Crippen MR) is 95.1 cm³/mol. The molecule has 0 aliphatic carbocycles. The molecular formula is C18H24F3N3O3. The molecule has 2 heterocycles. The molecule has 1 aromatic rings. The van der Waals surface area contributed by atoms with Gasteiger partial charge in [-0.3, -0.25) is 0 Å². The number of hydrogen-bond donors (Lipinski definition) is 2. The highest BCUT2D eigenvalue weighted by Gasteiger charge is 2.35. The van der Waals surface area contributed by atoms with Crippen molar-refractivity contribution >= 4 is 17.4 Å². The Morgan fingerprint density at radius 3 is 2.63 bits per heavy atom. The maximum Gasteiger partial charge on any atom is 0.418 e. The Labute approximate surface area is 156 Å². The van der Waals surface area contributed by atoms with Crippen molar-refractivity contribution in [2.45, 2.75) is 38.1 Å². The van der Waals surface area contributed by atoms with Crippen molar-refractivity contribution in [3.63, 3.8) is 0 Å². The number of benzene rings is 1. The van der Waals surface area contributed by atoms with Crippen LogP contribution in [0.25, 0.3) is 0 Å². The Morgan fingerprint density at radius 2 is 2.00 bits per heavy atom. The van der Waals surface area contributed by atoms with Crippen molar-refractivity contribution in [1.29, 1.82) is 0 Å². The highest BCUT2D eigenvalue weighted by atomic mass is 19.4. The fourth-order valence-corrected chi connectivity index (χ4v) is 3.35. The van der Waals surface area contributed by atoms with Gasteiger partial charge in [0.2, 0.25) is 0 Å². The van der Waals surface area contributed by atoms with Crippen LogP contribution in [-0.2, 0) is 15.7 Å². The van der Waals surface area contributed by atoms with Crippen molar-refractivity contribution in [3.05, 3.63) is 23.8 Å². The van der Waals surface area contributed by atoms with Crippen LogP contribution in [0.2, 0.25) is 0 Å². The molecule has 9 heteroatoms. The average molecular weight is 387 g/mol. The number of amides is 2. The van der Waals surface area contributed by atoms with E-state index in [1.807, 2.05) is 4.90 Å². The van der Waals surface area contributed by atoms with Gasteiger partial charge in [0.05, 0.1) is 36.6 Å². The molecule has 2 unspecified atom stereocenters. The summed E-state index contributed by atoms with van der Waals surface area (Å²) in [4.78, 5) is 14.0. The van der Waals surface area contributed by atoms with E-state index in [1.165, 1.54) is 6.07 Å². The van der Waals surface area contributed by atoms with Crippen LogP contribution in [0.1, 0.15) is 25.3 Å². The van der Waals surface area contributed by atoms with Crippen LogP contribution in [0.15, 0.2) is 18.2 Å². The first-order valence-corrected chi connectivity index (χ1v) is 9.07. The first-order valence-electron chi connectivity index (χ1n) is 9.07. The first-order chi connectivity index (χ1) is 12.8. The summed E-state index contributed by atoms with van der Waals surface area (Å²) in [5, 5.41) is 4.99. The van der Waals surface area contributed by atoms with Crippen LogP contribution in [0, 0.1) is 0 Å². The zero-order valence-electron chi connectivity index (χ0n) is 15.1. The fourth-order valence-electron chi connectivity index (χ4n) is 3.35. The van der Waals surface area contributed by atoms with E-state index in [1.54, 1.807) is 13.0 Å². The lowest BCUT2D eigenvalue weighted by Crippen LogP contribution is -2.43. The van der Waals surface area contributed by atoms with Crippen molar-refractivity contribution in [3.8, 4) is 0 Å². The van der Waals surface area contributed by atoms with E-state index in [0.29, 0.717) is 38.6 Å². The Balaban J connectivity index is 1.72. The molecule has 0 spiro atoms. The van der Waals surface area contributed by atoms with Crippen molar-refractivity contribution in [2.24, 2.45) is 0 Å². The second-order valence-corrected chi connectivity index (χ2v) is 6.77. The van der Waals surface area contributed by atoms with Gasteiger partial charge in [-0.1, -0.05) is 0 Å². The highest BCUT2D eigenvalue weighted by Crippen LogP contribution is 2.37. The molecule has 0 aromatic heterocycles. The molecule has 6 nitrogen and oxygen atoms in total. The molecule has 2 atom stereocenters. The fraction of sp³-hybridized carbons (Fsp3) is 0.611. The predicted octanol–water partition coefficient (Wildman–Crippen LogP) is 3.23. The maximum atomic E-state index is 13.5. The summed E-state index contributed by atoms with van der Waals surface area (Å²) in [6.45, 7) is 4.43. The summed E-state index contributed by atoms with van der Waals surface area (Å²) in [7, 11) is 0. The lowest BCUT2D eigenvalue weighted by atomic mass is 10.1. The molecule has 150 valence electrons. The Morgan fingerprint density at radius 1 is 1.26 bits per heavy atom. The van der Waals surface area contributed by atoms with Gasteiger partial charge in [0.15, 0.2) is 0 Å². The topological polar surface area (TPSA) is 62.8 Å². The van der Waals surface area contributed by atoms with Crippen LogP contribution in [0.5, 0.6) is 0 Å². The number of urea groups is 1. The molecule has 0 radical (unpaired) electrons. The number of carbonyl (C=O) groups is 1. The van der Waals surface area contributed by atoms with Gasteiger partial charge in [-0.15, -0.1) is 0 Å². The van der Waals surface area contributed by atoms with E-state index in [0.717, 1.165) is 18.9 Å². The van der Waals surface area contributed by atoms with Gasteiger partial charge in [-0.2, -0.15) is 13.2 Å². The van der Waals surface area contributed by atoms with E-state index in [2.05, 4.69) is 10.6 Å². The normalized spacial score (nSPS) is 21.8. The minimum Gasteiger partial charge on any atom is -0.378 e. The summed E-state index contributed by atoms with van der Waals surface area (Å²) < 4.78 is 51.3. The van der Waals surface area contributed by atoms with Crippen molar-refractivity contribution < 1.29 is 27.4 Å². The molecule has 1 aromatic carbocycles. The molecule has 3 rings (SSSR count). The molecule has 2 aliphatic rings. The van der Waals surface area contributed by atoms with Crippen molar-refractivity contribution in [2.75, 3.05) is 43.1 Å². The number of hydrogen-bond acceptors (Lipinski definition) is 4. The van der Waals surface area contributed by atoms with E-state index in [-0.39, 0.29) is 17.8 Å². The number of ether oxygens (including phenoxy) is 2. The SMILES string of the molecule is CC(NC(=O)Nc1ccc(N2CCOCC2)cc1C(F)(F)F)C1CCCO1. The third kappa shape index (κ3) is 5.04. The number of alkyl halides is 3. The number of anilines is 2. The van der Waals surface area contributed by atoms with E-state index >= 15 is 0 Å². The van der Waals surface area contributed by atoms with Crippen LogP contribution >= 0.6 is 0 Å². The number of rotatable bonds is 4. The minimum atomic E-state index is -4.58. The lowest BCUT2D eigenvalue weighted by Gasteiger charge is -2.30. The Bertz CT molecular complexity index is 657. The summed E-state index contributed by atoms with van der Waals surface area (Å²) in [6, 6.07) is 2.99. The Hall–Kier alpha value is -2.00. The van der Waals surface area contributed by atoms with E-state index < -0.39 is 17.8 Å². The van der Waals surface area contributed by atoms with Crippen LogP contribution < -0.4 is 15.5 Å². The number of halogens is 3. The van der Waals surface area contributed by atoms with Gasteiger partial charge in [0.25, 0.3) is 0 Å². The number of nitrogens with one attached hydrogen (secondary N) is 2. The van der Waals surface area contributed by atoms with Gasteiger partial charge < -0.3 is 25.0 Å². The molecule has 2 saturated heterocycles. The van der Waals surface area contributed by atoms with E-state index in [9.17, 15) is 18.0 Å². The van der Waals surface area contributed by atoms with Gasteiger partial charge in [-0.05, 0) is 38.0 Å². The molecule has 2 N–H and O–H groups in total. The van der Waals surface area contributed by atoms with Gasteiger partial charge >= 0.3 is 12.2 Å². The molecule has 0 saturated carbocycles. The zero-order valence-corrected chi connectivity index (χ0v) is 15.1. The average Bonchev–Trinajstić information content (AvgIpc) is 3.16. The monoisotopic (exact) mass is 387 g/mol. The molecular weight excluding hydrogens is 363 g/mol. The van der Waals surface area contributed by atoms with Crippen LogP contribution in [0.4, 0.5) is 29.3 Å². The molecule has 2 amide bonds. The highest BCUT2D eigenvalue weighted by molar-refractivity contribution is 5.90. The minimum absolute atomic E-state index is 0.110. The first kappa shape index (κ1) is 19.8. The molecule has 2 aliphatic heterocycles. The van der Waals surface area contributed by atoms with Gasteiger partial charge in [0, 0.05) is 25.4 Å². The van der Waals surface area contributed by atoms with Gasteiger partial charge in [0.1, 0.15) is 0 Å². The number of nitrogens with zero attached hydrogens (tertiary/aromatic N) is 1. The van der Waals surface area contributed by atoms with Crippen LogP contribution in [0.3, 0.4) is 0 Å². The molecule has 2 fully saturated rings. The lowest BCUT2D eigenvalue weighted by molar-refractivity contribution is -0.136. The van der Waals surface area contributed by atoms with Gasteiger partial charge in [-0.25, -0.2) is 4.79 Å². The summed E-state index contributed by atoms with van der Waals surface area (Å²) in [5.41, 5.74) is -0.674. The smallest absolute Gasteiger partial charge is 0.378 e. The third-order valence-electron chi connectivity index (χ3n) is 4.81. The standard InChI is InChI=1S/C18H24F3N3O3/c1-12(16-3-2-8-27-16)22-17(25)23-15-5-4-13(11-14(15)18(19,20)21)24-6-9-26-10-7-24/h4-5,11-12,16H,2-3,6-10H2,1H3,(H2,22,23,25). The zero-order chi connectivity index (χ0) is 19.4. The largest absolute Gasteiger partial charge is 0.418 e. The number of morpholine rings is 1. The van der Waals surface area contributed by atoms with E-state index in [4.69, 9.17) is 9.47 Å². The summed E-state index contributed by atoms with van der Waals surface area (Å²) in [6.07, 6.45) is -2.95. The molecule has 27 heavy (non-hydrogen) atoms. The molecule has 0 bridgehead atoms. The second kappa shape index (κ2) is 8.35.